The second-order valence-corrected chi connectivity index (χ2v) is 5.85. The molecule has 1 unspecified atom stereocenters. The zero-order valence-electron chi connectivity index (χ0n) is 10.9. The number of nitrogens with one attached hydrogen (secondary N) is 2. The van der Waals surface area contributed by atoms with E-state index in [2.05, 4.69) is 24.5 Å². The standard InChI is InChI=1S/C13H24N2O2/c1-13(2)8-11(5-7-17-13)15-12(16)10-4-3-6-14-9-10/h10-11,14H,3-9H2,1-2H3,(H,15,16)/t10-,11?/m0/s1. The maximum absolute atomic E-state index is 12.1. The van der Waals surface area contributed by atoms with E-state index in [9.17, 15) is 4.79 Å². The third-order valence-corrected chi connectivity index (χ3v) is 3.71. The molecule has 2 rings (SSSR count). The van der Waals surface area contributed by atoms with E-state index in [0.717, 1.165) is 45.4 Å². The van der Waals surface area contributed by atoms with Gasteiger partial charge >= 0.3 is 0 Å². The van der Waals surface area contributed by atoms with Crippen LogP contribution in [0.2, 0.25) is 0 Å². The number of hydrogen-bond acceptors (Lipinski definition) is 3. The fraction of sp³-hybridized carbons (Fsp3) is 0.923. The normalized spacial score (nSPS) is 33.1. The molecule has 0 aromatic carbocycles. The second-order valence-electron chi connectivity index (χ2n) is 5.85. The Hall–Kier alpha value is -0.610. The van der Waals surface area contributed by atoms with Gasteiger partial charge in [-0.3, -0.25) is 4.79 Å². The van der Waals surface area contributed by atoms with Crippen molar-refractivity contribution in [2.45, 2.75) is 51.2 Å². The lowest BCUT2D eigenvalue weighted by Crippen LogP contribution is -2.49. The van der Waals surface area contributed by atoms with E-state index in [-0.39, 0.29) is 23.5 Å². The molecule has 0 aliphatic carbocycles. The van der Waals surface area contributed by atoms with Crippen LogP contribution in [0.3, 0.4) is 0 Å². The Morgan fingerprint density at radius 1 is 1.41 bits per heavy atom. The van der Waals surface area contributed by atoms with E-state index < -0.39 is 0 Å². The van der Waals surface area contributed by atoms with Gasteiger partial charge in [0.1, 0.15) is 0 Å². The number of hydrogen-bond donors (Lipinski definition) is 2. The van der Waals surface area contributed by atoms with Crippen molar-refractivity contribution in [3.8, 4) is 0 Å². The lowest BCUT2D eigenvalue weighted by molar-refractivity contribution is -0.128. The number of rotatable bonds is 2. The summed E-state index contributed by atoms with van der Waals surface area (Å²) in [5, 5.41) is 6.47. The van der Waals surface area contributed by atoms with Gasteiger partial charge in [0.15, 0.2) is 0 Å². The number of amides is 1. The van der Waals surface area contributed by atoms with Gasteiger partial charge in [0, 0.05) is 19.2 Å². The first-order chi connectivity index (χ1) is 8.07. The predicted octanol–water partition coefficient (Wildman–Crippen LogP) is 1.06. The summed E-state index contributed by atoms with van der Waals surface area (Å²) in [6.07, 6.45) is 3.98. The van der Waals surface area contributed by atoms with Crippen LogP contribution >= 0.6 is 0 Å². The molecule has 4 nitrogen and oxygen atoms in total. The van der Waals surface area contributed by atoms with Gasteiger partial charge in [0.2, 0.25) is 5.91 Å². The van der Waals surface area contributed by atoms with Crippen molar-refractivity contribution in [2.24, 2.45) is 5.92 Å². The van der Waals surface area contributed by atoms with Crippen LogP contribution in [0.1, 0.15) is 39.5 Å². The Bertz CT molecular complexity index is 273. The molecule has 2 N–H and O–H groups in total. The molecule has 17 heavy (non-hydrogen) atoms. The van der Waals surface area contributed by atoms with E-state index in [1.807, 2.05) is 0 Å². The van der Waals surface area contributed by atoms with Crippen molar-refractivity contribution in [2.75, 3.05) is 19.7 Å². The Morgan fingerprint density at radius 3 is 2.88 bits per heavy atom. The van der Waals surface area contributed by atoms with Crippen molar-refractivity contribution in [3.05, 3.63) is 0 Å². The highest BCUT2D eigenvalue weighted by Gasteiger charge is 2.31. The highest BCUT2D eigenvalue weighted by molar-refractivity contribution is 5.79. The summed E-state index contributed by atoms with van der Waals surface area (Å²) in [6.45, 7) is 6.81. The summed E-state index contributed by atoms with van der Waals surface area (Å²) in [6, 6.07) is 0.285. The molecular weight excluding hydrogens is 216 g/mol. The maximum atomic E-state index is 12.1. The summed E-state index contributed by atoms with van der Waals surface area (Å²) < 4.78 is 5.66. The Kier molecular flexibility index (Phi) is 4.05. The summed E-state index contributed by atoms with van der Waals surface area (Å²) in [5.74, 6) is 0.384. The Labute approximate surface area is 103 Å². The highest BCUT2D eigenvalue weighted by Crippen LogP contribution is 2.24. The molecule has 0 aromatic heterocycles. The van der Waals surface area contributed by atoms with Crippen LogP contribution in [-0.4, -0.2) is 37.2 Å². The molecular formula is C13H24N2O2. The summed E-state index contributed by atoms with van der Waals surface area (Å²) in [5.41, 5.74) is -0.0962. The van der Waals surface area contributed by atoms with Gasteiger partial charge in [0.25, 0.3) is 0 Å². The van der Waals surface area contributed by atoms with E-state index in [4.69, 9.17) is 4.74 Å². The van der Waals surface area contributed by atoms with E-state index in [1.54, 1.807) is 0 Å². The van der Waals surface area contributed by atoms with Crippen LogP contribution < -0.4 is 10.6 Å². The average Bonchev–Trinajstić information content (AvgIpc) is 2.29. The molecule has 4 heteroatoms. The van der Waals surface area contributed by atoms with Crippen LogP contribution in [0.15, 0.2) is 0 Å². The van der Waals surface area contributed by atoms with Gasteiger partial charge in [-0.1, -0.05) is 0 Å². The predicted molar refractivity (Wildman–Crippen MR) is 66.8 cm³/mol. The number of piperidine rings is 1. The zero-order chi connectivity index (χ0) is 12.3. The van der Waals surface area contributed by atoms with Crippen molar-refractivity contribution in [1.29, 1.82) is 0 Å². The van der Waals surface area contributed by atoms with Gasteiger partial charge in [-0.25, -0.2) is 0 Å². The molecule has 0 radical (unpaired) electrons. The van der Waals surface area contributed by atoms with Crippen molar-refractivity contribution in [3.63, 3.8) is 0 Å². The lowest BCUT2D eigenvalue weighted by Gasteiger charge is -2.36. The summed E-state index contributed by atoms with van der Waals surface area (Å²) in [7, 11) is 0. The molecule has 2 heterocycles. The third-order valence-electron chi connectivity index (χ3n) is 3.71. The fourth-order valence-electron chi connectivity index (χ4n) is 2.75. The van der Waals surface area contributed by atoms with Crippen LogP contribution in [0, 0.1) is 5.92 Å². The lowest BCUT2D eigenvalue weighted by atomic mass is 9.92. The molecule has 2 aliphatic heterocycles. The molecule has 0 aromatic rings. The first-order valence-electron chi connectivity index (χ1n) is 6.72. The van der Waals surface area contributed by atoms with Crippen molar-refractivity contribution in [1.82, 2.24) is 10.6 Å². The highest BCUT2D eigenvalue weighted by atomic mass is 16.5. The van der Waals surface area contributed by atoms with Crippen molar-refractivity contribution >= 4 is 5.91 Å². The smallest absolute Gasteiger partial charge is 0.224 e. The Morgan fingerprint density at radius 2 is 2.24 bits per heavy atom. The first kappa shape index (κ1) is 12.8. The van der Waals surface area contributed by atoms with E-state index in [0.29, 0.717) is 0 Å². The third kappa shape index (κ3) is 3.68. The fourth-order valence-corrected chi connectivity index (χ4v) is 2.75. The number of carbonyl (C=O) groups is 1. The van der Waals surface area contributed by atoms with Crippen LogP contribution in [0.4, 0.5) is 0 Å². The minimum Gasteiger partial charge on any atom is -0.375 e. The summed E-state index contributed by atoms with van der Waals surface area (Å²) >= 11 is 0. The maximum Gasteiger partial charge on any atom is 0.224 e. The van der Waals surface area contributed by atoms with Gasteiger partial charge < -0.3 is 15.4 Å². The van der Waals surface area contributed by atoms with Gasteiger partial charge in [-0.05, 0) is 46.1 Å². The SMILES string of the molecule is CC1(C)CC(NC(=O)[C@H]2CCCNC2)CCO1. The molecule has 2 fully saturated rings. The molecule has 2 saturated heterocycles. The molecule has 1 amide bonds. The molecule has 0 saturated carbocycles. The number of ether oxygens (including phenoxy) is 1. The second kappa shape index (κ2) is 5.36. The average molecular weight is 240 g/mol. The van der Waals surface area contributed by atoms with Gasteiger partial charge in [-0.15, -0.1) is 0 Å². The quantitative estimate of drug-likeness (QED) is 0.759. The molecule has 2 atom stereocenters. The summed E-state index contributed by atoms with van der Waals surface area (Å²) in [4.78, 5) is 12.1. The van der Waals surface area contributed by atoms with E-state index in [1.165, 1.54) is 0 Å². The topological polar surface area (TPSA) is 50.4 Å². The van der Waals surface area contributed by atoms with Gasteiger partial charge in [0.05, 0.1) is 11.5 Å². The minimum absolute atomic E-state index is 0.0962. The molecule has 98 valence electrons. The molecule has 0 spiro atoms. The monoisotopic (exact) mass is 240 g/mol. The van der Waals surface area contributed by atoms with E-state index >= 15 is 0 Å². The molecule has 2 aliphatic rings. The minimum atomic E-state index is -0.0962. The van der Waals surface area contributed by atoms with Crippen LogP contribution in [-0.2, 0) is 9.53 Å². The number of carbonyl (C=O) groups excluding carboxylic acids is 1. The van der Waals surface area contributed by atoms with Gasteiger partial charge in [-0.2, -0.15) is 0 Å². The molecule has 0 bridgehead atoms. The largest absolute Gasteiger partial charge is 0.375 e. The van der Waals surface area contributed by atoms with Crippen LogP contribution in [0.25, 0.3) is 0 Å². The first-order valence-corrected chi connectivity index (χ1v) is 6.72. The van der Waals surface area contributed by atoms with Crippen LogP contribution in [0.5, 0.6) is 0 Å². The van der Waals surface area contributed by atoms with Crippen molar-refractivity contribution < 1.29 is 9.53 Å². The zero-order valence-corrected chi connectivity index (χ0v) is 10.9. The Balaban J connectivity index is 1.81.